The molecule has 2 aromatic carbocycles. The highest BCUT2D eigenvalue weighted by Crippen LogP contribution is 2.33. The Hall–Kier alpha value is -3.00. The first-order valence-electron chi connectivity index (χ1n) is 8.67. The van der Waals surface area contributed by atoms with Gasteiger partial charge in [0.05, 0.1) is 11.3 Å². The van der Waals surface area contributed by atoms with Crippen LogP contribution < -0.4 is 15.5 Å². The average Bonchev–Trinajstić information content (AvgIpc) is 2.88. The Morgan fingerprint density at radius 3 is 2.21 bits per heavy atom. The number of rotatable bonds is 5. The van der Waals surface area contributed by atoms with Gasteiger partial charge in [-0.1, -0.05) is 22.9 Å². The lowest BCUT2D eigenvalue weighted by Crippen LogP contribution is -2.46. The van der Waals surface area contributed by atoms with Crippen LogP contribution in [0.3, 0.4) is 0 Å². The van der Waals surface area contributed by atoms with Gasteiger partial charge in [-0.15, -0.1) is 0 Å². The average molecular weight is 444 g/mol. The second-order valence-electron chi connectivity index (χ2n) is 6.34. The number of benzene rings is 2. The van der Waals surface area contributed by atoms with Crippen molar-refractivity contribution in [2.75, 3.05) is 15.5 Å². The largest absolute Gasteiger partial charge is 0.326 e. The van der Waals surface area contributed by atoms with E-state index >= 15 is 0 Å². The van der Waals surface area contributed by atoms with E-state index in [1.807, 2.05) is 0 Å². The second-order valence-corrected chi connectivity index (χ2v) is 7.25. The molecule has 0 spiro atoms. The van der Waals surface area contributed by atoms with Crippen LogP contribution in [0.5, 0.6) is 0 Å². The molecule has 3 amide bonds. The first-order chi connectivity index (χ1) is 13.3. The van der Waals surface area contributed by atoms with Crippen molar-refractivity contribution in [1.82, 2.24) is 0 Å². The molecule has 0 bridgehead atoms. The van der Waals surface area contributed by atoms with Crippen molar-refractivity contribution in [2.45, 2.75) is 26.3 Å². The molecule has 7 nitrogen and oxygen atoms in total. The maximum atomic E-state index is 12.8. The number of anilines is 3. The standard InChI is InChI=1S/C20H18BrN3O4/c1-3-16(19(27)23-14-7-5-13(6-8-14)22-11(2)25)24-17-9-4-12(21)10-15(17)18(26)20(24)28/h4-10,16H,3H2,1-2H3,(H,22,25)(H,23,27). The number of ketones is 1. The summed E-state index contributed by atoms with van der Waals surface area (Å²) in [7, 11) is 0. The fraction of sp³-hybridized carbons (Fsp3) is 0.200. The molecule has 28 heavy (non-hydrogen) atoms. The smallest absolute Gasteiger partial charge is 0.300 e. The molecular formula is C20H18BrN3O4. The topological polar surface area (TPSA) is 95.6 Å². The quantitative estimate of drug-likeness (QED) is 0.692. The number of carbonyl (C=O) groups is 4. The van der Waals surface area contributed by atoms with Gasteiger partial charge in [0.25, 0.3) is 11.7 Å². The van der Waals surface area contributed by atoms with Crippen molar-refractivity contribution in [3.63, 3.8) is 0 Å². The summed E-state index contributed by atoms with van der Waals surface area (Å²) in [5, 5.41) is 5.41. The zero-order valence-electron chi connectivity index (χ0n) is 15.3. The molecule has 0 fully saturated rings. The third-order valence-electron chi connectivity index (χ3n) is 4.35. The maximum absolute atomic E-state index is 12.8. The molecule has 0 aliphatic carbocycles. The van der Waals surface area contributed by atoms with Gasteiger partial charge < -0.3 is 10.6 Å². The number of hydrogen-bond acceptors (Lipinski definition) is 4. The second kappa shape index (κ2) is 7.93. The molecule has 2 aromatic rings. The van der Waals surface area contributed by atoms with Gasteiger partial charge in [0.15, 0.2) is 0 Å². The van der Waals surface area contributed by atoms with Crippen molar-refractivity contribution in [1.29, 1.82) is 0 Å². The number of nitrogens with zero attached hydrogens (tertiary/aromatic N) is 1. The zero-order chi connectivity index (χ0) is 20.4. The van der Waals surface area contributed by atoms with E-state index in [-0.39, 0.29) is 11.5 Å². The minimum Gasteiger partial charge on any atom is -0.326 e. The lowest BCUT2D eigenvalue weighted by molar-refractivity contribution is -0.121. The van der Waals surface area contributed by atoms with E-state index in [4.69, 9.17) is 0 Å². The van der Waals surface area contributed by atoms with Gasteiger partial charge in [0.2, 0.25) is 11.8 Å². The minimum absolute atomic E-state index is 0.189. The molecule has 144 valence electrons. The van der Waals surface area contributed by atoms with Crippen LogP contribution in [0.4, 0.5) is 17.1 Å². The van der Waals surface area contributed by atoms with Gasteiger partial charge in [0, 0.05) is 22.8 Å². The van der Waals surface area contributed by atoms with E-state index in [0.29, 0.717) is 28.0 Å². The van der Waals surface area contributed by atoms with Crippen molar-refractivity contribution in [3.05, 3.63) is 52.5 Å². The van der Waals surface area contributed by atoms with E-state index in [1.54, 1.807) is 49.4 Å². The summed E-state index contributed by atoms with van der Waals surface area (Å²) in [6, 6.07) is 10.8. The fourth-order valence-electron chi connectivity index (χ4n) is 3.09. The Kier molecular flexibility index (Phi) is 5.60. The molecule has 0 aromatic heterocycles. The van der Waals surface area contributed by atoms with Gasteiger partial charge in [-0.3, -0.25) is 24.1 Å². The molecule has 1 atom stereocenters. The molecule has 0 saturated carbocycles. The Morgan fingerprint density at radius 2 is 1.64 bits per heavy atom. The first kappa shape index (κ1) is 19.8. The Balaban J connectivity index is 1.82. The van der Waals surface area contributed by atoms with Crippen LogP contribution in [-0.4, -0.2) is 29.5 Å². The molecule has 1 heterocycles. The van der Waals surface area contributed by atoms with Gasteiger partial charge >= 0.3 is 0 Å². The number of amides is 3. The van der Waals surface area contributed by atoms with Gasteiger partial charge in [-0.05, 0) is 48.9 Å². The molecule has 0 radical (unpaired) electrons. The summed E-state index contributed by atoms with van der Waals surface area (Å²) in [6.07, 6.45) is 0.338. The molecule has 1 unspecified atom stereocenters. The summed E-state index contributed by atoms with van der Waals surface area (Å²) in [4.78, 5) is 50.0. The molecular weight excluding hydrogens is 426 g/mol. The molecule has 2 N–H and O–H groups in total. The predicted octanol–water partition coefficient (Wildman–Crippen LogP) is 3.35. The summed E-state index contributed by atoms with van der Waals surface area (Å²) in [5.41, 5.74) is 1.84. The van der Waals surface area contributed by atoms with E-state index in [9.17, 15) is 19.2 Å². The Bertz CT molecular complexity index is 972. The Morgan fingerprint density at radius 1 is 1.04 bits per heavy atom. The summed E-state index contributed by atoms with van der Waals surface area (Å²) >= 11 is 3.29. The highest BCUT2D eigenvalue weighted by atomic mass is 79.9. The van der Waals surface area contributed by atoms with Crippen LogP contribution in [-0.2, 0) is 14.4 Å². The number of fused-ring (bicyclic) bond motifs is 1. The van der Waals surface area contributed by atoms with Gasteiger partial charge in [0.1, 0.15) is 6.04 Å². The van der Waals surface area contributed by atoms with E-state index in [0.717, 1.165) is 0 Å². The maximum Gasteiger partial charge on any atom is 0.300 e. The highest BCUT2D eigenvalue weighted by Gasteiger charge is 2.41. The lowest BCUT2D eigenvalue weighted by Gasteiger charge is -2.26. The highest BCUT2D eigenvalue weighted by molar-refractivity contribution is 9.10. The molecule has 1 aliphatic heterocycles. The predicted molar refractivity (Wildman–Crippen MR) is 109 cm³/mol. The van der Waals surface area contributed by atoms with E-state index in [1.165, 1.54) is 11.8 Å². The normalized spacial score (nSPS) is 13.9. The van der Waals surface area contributed by atoms with Crippen molar-refractivity contribution in [3.8, 4) is 0 Å². The minimum atomic E-state index is -0.825. The zero-order valence-corrected chi connectivity index (χ0v) is 16.9. The number of Topliss-reactive ketones (excluding diaryl/α,β-unsaturated/α-hetero) is 1. The van der Waals surface area contributed by atoms with Crippen molar-refractivity contribution >= 4 is 56.5 Å². The fourth-order valence-corrected chi connectivity index (χ4v) is 3.46. The van der Waals surface area contributed by atoms with E-state index < -0.39 is 23.6 Å². The van der Waals surface area contributed by atoms with Crippen LogP contribution in [0.15, 0.2) is 46.9 Å². The number of hydrogen-bond donors (Lipinski definition) is 2. The monoisotopic (exact) mass is 443 g/mol. The SMILES string of the molecule is CCC(C(=O)Nc1ccc(NC(C)=O)cc1)N1C(=O)C(=O)c2cc(Br)ccc21. The summed E-state index contributed by atoms with van der Waals surface area (Å²) < 4.78 is 0.686. The third-order valence-corrected chi connectivity index (χ3v) is 4.84. The van der Waals surface area contributed by atoms with Gasteiger partial charge in [-0.2, -0.15) is 0 Å². The molecule has 3 rings (SSSR count). The van der Waals surface area contributed by atoms with Crippen LogP contribution >= 0.6 is 15.9 Å². The van der Waals surface area contributed by atoms with Gasteiger partial charge in [-0.25, -0.2) is 0 Å². The number of halogens is 1. The summed E-state index contributed by atoms with van der Waals surface area (Å²) in [5.74, 6) is -1.92. The number of nitrogens with one attached hydrogen (secondary N) is 2. The van der Waals surface area contributed by atoms with Crippen LogP contribution in [0.25, 0.3) is 0 Å². The molecule has 8 heteroatoms. The van der Waals surface area contributed by atoms with Crippen LogP contribution in [0, 0.1) is 0 Å². The first-order valence-corrected chi connectivity index (χ1v) is 9.47. The third kappa shape index (κ3) is 3.82. The molecule has 1 aliphatic rings. The Labute approximate surface area is 170 Å². The van der Waals surface area contributed by atoms with Crippen molar-refractivity contribution < 1.29 is 19.2 Å². The number of carbonyl (C=O) groups excluding carboxylic acids is 4. The summed E-state index contributed by atoms with van der Waals surface area (Å²) in [6.45, 7) is 3.19. The molecule has 0 saturated heterocycles. The van der Waals surface area contributed by atoms with Crippen LogP contribution in [0.1, 0.15) is 30.6 Å². The van der Waals surface area contributed by atoms with E-state index in [2.05, 4.69) is 26.6 Å². The van der Waals surface area contributed by atoms with Crippen LogP contribution in [0.2, 0.25) is 0 Å². The van der Waals surface area contributed by atoms with Crippen molar-refractivity contribution in [2.24, 2.45) is 0 Å². The lowest BCUT2D eigenvalue weighted by atomic mass is 10.1.